The minimum absolute atomic E-state index is 0.117. The van der Waals surface area contributed by atoms with Crippen LogP contribution >= 0.6 is 22.3 Å². The molecule has 1 aromatic rings. The molecule has 0 N–H and O–H groups in total. The highest BCUT2D eigenvalue weighted by Gasteiger charge is 2.17. The maximum absolute atomic E-state index is 11.3. The van der Waals surface area contributed by atoms with E-state index in [2.05, 4.69) is 0 Å². The summed E-state index contributed by atoms with van der Waals surface area (Å²) in [5.41, 5.74) is 1.08. The van der Waals surface area contributed by atoms with Crippen LogP contribution in [0.5, 0.6) is 5.75 Å². The molecule has 0 unspecified atom stereocenters. The molecule has 0 aliphatic heterocycles. The predicted molar refractivity (Wildman–Crippen MR) is 69.4 cm³/mol. The average molecular weight is 295 g/mol. The predicted octanol–water partition coefficient (Wildman–Crippen LogP) is 3.61. The Balaban J connectivity index is 3.04. The van der Waals surface area contributed by atoms with Gasteiger partial charge in [-0.05, 0) is 38.1 Å². The molecule has 17 heavy (non-hydrogen) atoms. The van der Waals surface area contributed by atoms with Gasteiger partial charge >= 0.3 is 0 Å². The average Bonchev–Trinajstić information content (AvgIpc) is 2.18. The first-order valence-corrected chi connectivity index (χ1v) is 7.50. The summed E-state index contributed by atoms with van der Waals surface area (Å²) in [5, 5.41) is 0.291. The molecule has 0 bridgehead atoms. The van der Waals surface area contributed by atoms with Gasteiger partial charge in [0.25, 0.3) is 9.05 Å². The summed E-state index contributed by atoms with van der Waals surface area (Å²) in [6.07, 6.45) is 1.83. The van der Waals surface area contributed by atoms with Crippen LogP contribution in [0.25, 0.3) is 0 Å². The van der Waals surface area contributed by atoms with Crippen LogP contribution in [-0.4, -0.2) is 15.0 Å². The first kappa shape index (κ1) is 14.4. The Kier molecular flexibility index (Phi) is 4.86. The quantitative estimate of drug-likeness (QED) is 0.629. The summed E-state index contributed by atoms with van der Waals surface area (Å²) >= 11 is 5.72. The van der Waals surface area contributed by atoms with Crippen LogP contribution in [-0.2, 0) is 9.05 Å². The SMILES string of the molecule is CC(C)=CCOc1ccc(Cl)cc1S(=O)(=O)Cl. The summed E-state index contributed by atoms with van der Waals surface area (Å²) in [6.45, 7) is 4.12. The molecule has 1 aromatic carbocycles. The number of halogens is 2. The first-order chi connectivity index (χ1) is 7.80. The van der Waals surface area contributed by atoms with E-state index in [1.165, 1.54) is 12.1 Å². The van der Waals surface area contributed by atoms with E-state index in [9.17, 15) is 8.42 Å². The molecule has 3 nitrogen and oxygen atoms in total. The highest BCUT2D eigenvalue weighted by molar-refractivity contribution is 8.13. The monoisotopic (exact) mass is 294 g/mol. The van der Waals surface area contributed by atoms with Gasteiger partial charge in [0.1, 0.15) is 17.3 Å². The normalized spacial score (nSPS) is 11.1. The van der Waals surface area contributed by atoms with Gasteiger partial charge in [-0.3, -0.25) is 0 Å². The number of hydrogen-bond donors (Lipinski definition) is 0. The van der Waals surface area contributed by atoms with Crippen molar-refractivity contribution in [2.45, 2.75) is 18.7 Å². The molecular weight excluding hydrogens is 283 g/mol. The lowest BCUT2D eigenvalue weighted by molar-refractivity contribution is 0.352. The Hall–Kier alpha value is -0.710. The van der Waals surface area contributed by atoms with E-state index >= 15 is 0 Å². The Morgan fingerprint density at radius 1 is 1.41 bits per heavy atom. The minimum atomic E-state index is -3.86. The molecule has 0 saturated heterocycles. The molecule has 0 fully saturated rings. The highest BCUT2D eigenvalue weighted by atomic mass is 35.7. The maximum atomic E-state index is 11.3. The molecule has 0 amide bonds. The number of rotatable bonds is 4. The van der Waals surface area contributed by atoms with Crippen LogP contribution in [0.1, 0.15) is 13.8 Å². The number of allylic oxidation sites excluding steroid dienone is 1. The van der Waals surface area contributed by atoms with Gasteiger partial charge in [-0.25, -0.2) is 8.42 Å². The Morgan fingerprint density at radius 3 is 2.59 bits per heavy atom. The molecule has 0 aliphatic rings. The summed E-state index contributed by atoms with van der Waals surface area (Å²) in [6, 6.07) is 4.29. The third-order valence-electron chi connectivity index (χ3n) is 1.90. The minimum Gasteiger partial charge on any atom is -0.488 e. The van der Waals surface area contributed by atoms with Crippen molar-refractivity contribution in [3.63, 3.8) is 0 Å². The van der Waals surface area contributed by atoms with E-state index in [0.29, 0.717) is 5.02 Å². The van der Waals surface area contributed by atoms with Gasteiger partial charge in [-0.15, -0.1) is 0 Å². The molecular formula is C11H12Cl2O3S. The Bertz CT molecular complexity index is 532. The van der Waals surface area contributed by atoms with Gasteiger partial charge in [0, 0.05) is 15.7 Å². The van der Waals surface area contributed by atoms with E-state index in [-0.39, 0.29) is 17.3 Å². The van der Waals surface area contributed by atoms with E-state index in [1.807, 2.05) is 19.9 Å². The third-order valence-corrected chi connectivity index (χ3v) is 3.48. The molecule has 0 aromatic heterocycles. The fourth-order valence-corrected chi connectivity index (χ4v) is 2.32. The third kappa shape index (κ3) is 4.58. The fourth-order valence-electron chi connectivity index (χ4n) is 1.09. The van der Waals surface area contributed by atoms with E-state index in [1.54, 1.807) is 6.07 Å². The lowest BCUT2D eigenvalue weighted by Crippen LogP contribution is -2.00. The molecule has 0 heterocycles. The second kappa shape index (κ2) is 5.76. The van der Waals surface area contributed by atoms with Gasteiger partial charge in [-0.1, -0.05) is 17.2 Å². The number of benzene rings is 1. The van der Waals surface area contributed by atoms with Crippen LogP contribution in [0.4, 0.5) is 0 Å². The summed E-state index contributed by atoms with van der Waals surface area (Å²) in [4.78, 5) is -0.117. The van der Waals surface area contributed by atoms with Crippen molar-refractivity contribution < 1.29 is 13.2 Å². The summed E-state index contributed by atoms with van der Waals surface area (Å²) in [7, 11) is 1.43. The second-order valence-corrected chi connectivity index (χ2v) is 6.59. The number of ether oxygens (including phenoxy) is 1. The van der Waals surface area contributed by atoms with E-state index in [0.717, 1.165) is 5.57 Å². The zero-order chi connectivity index (χ0) is 13.1. The van der Waals surface area contributed by atoms with Gasteiger partial charge in [0.2, 0.25) is 0 Å². The Morgan fingerprint density at radius 2 is 2.06 bits per heavy atom. The van der Waals surface area contributed by atoms with Crippen molar-refractivity contribution in [3.8, 4) is 5.75 Å². The molecule has 0 aliphatic carbocycles. The van der Waals surface area contributed by atoms with E-state index in [4.69, 9.17) is 27.0 Å². The molecule has 94 valence electrons. The second-order valence-electron chi connectivity index (χ2n) is 3.62. The van der Waals surface area contributed by atoms with Crippen molar-refractivity contribution in [2.75, 3.05) is 6.61 Å². The van der Waals surface area contributed by atoms with Crippen molar-refractivity contribution >= 4 is 31.3 Å². The largest absolute Gasteiger partial charge is 0.488 e. The molecule has 1 rings (SSSR count). The van der Waals surface area contributed by atoms with Crippen LogP contribution in [0.15, 0.2) is 34.7 Å². The zero-order valence-corrected chi connectivity index (χ0v) is 11.7. The zero-order valence-electron chi connectivity index (χ0n) is 9.41. The maximum Gasteiger partial charge on any atom is 0.265 e. The highest BCUT2D eigenvalue weighted by Crippen LogP contribution is 2.29. The van der Waals surface area contributed by atoms with Gasteiger partial charge in [-0.2, -0.15) is 0 Å². The van der Waals surface area contributed by atoms with Crippen LogP contribution in [0.2, 0.25) is 5.02 Å². The van der Waals surface area contributed by atoms with Crippen molar-refractivity contribution in [1.82, 2.24) is 0 Å². The van der Waals surface area contributed by atoms with Crippen molar-refractivity contribution in [3.05, 3.63) is 34.9 Å². The van der Waals surface area contributed by atoms with Gasteiger partial charge in [0.05, 0.1) is 0 Å². The standard InChI is InChI=1S/C11H12Cl2O3S/c1-8(2)5-6-16-10-4-3-9(12)7-11(10)17(13,14)15/h3-5,7H,6H2,1-2H3. The molecule has 0 saturated carbocycles. The van der Waals surface area contributed by atoms with E-state index < -0.39 is 9.05 Å². The molecule has 0 spiro atoms. The lowest BCUT2D eigenvalue weighted by atomic mass is 10.3. The van der Waals surface area contributed by atoms with Crippen LogP contribution in [0.3, 0.4) is 0 Å². The van der Waals surface area contributed by atoms with Gasteiger partial charge in [0.15, 0.2) is 0 Å². The van der Waals surface area contributed by atoms with Gasteiger partial charge < -0.3 is 4.74 Å². The topological polar surface area (TPSA) is 43.4 Å². The first-order valence-electron chi connectivity index (χ1n) is 4.81. The number of hydrogen-bond acceptors (Lipinski definition) is 3. The summed E-state index contributed by atoms with van der Waals surface area (Å²) in [5.74, 6) is 0.196. The molecule has 6 heteroatoms. The fraction of sp³-hybridized carbons (Fsp3) is 0.273. The van der Waals surface area contributed by atoms with Crippen LogP contribution < -0.4 is 4.74 Å². The van der Waals surface area contributed by atoms with Crippen LogP contribution in [0, 0.1) is 0 Å². The summed E-state index contributed by atoms with van der Waals surface area (Å²) < 4.78 is 28.0. The molecule has 0 atom stereocenters. The Labute approximate surface area is 110 Å². The molecule has 0 radical (unpaired) electrons. The smallest absolute Gasteiger partial charge is 0.265 e. The van der Waals surface area contributed by atoms with Crippen molar-refractivity contribution in [2.24, 2.45) is 0 Å². The van der Waals surface area contributed by atoms with Crippen molar-refractivity contribution in [1.29, 1.82) is 0 Å². The lowest BCUT2D eigenvalue weighted by Gasteiger charge is -2.08.